The molecule has 0 aromatic heterocycles. The Morgan fingerprint density at radius 3 is 2.70 bits per heavy atom. The number of halogens is 2. The van der Waals surface area contributed by atoms with E-state index < -0.39 is 17.2 Å². The SMILES string of the molecule is O[C@]12CCCC[C@H]1CN(Cc1c(F)cccc1F)CC2. The summed E-state index contributed by atoms with van der Waals surface area (Å²) in [6.07, 6.45) is 4.85. The van der Waals surface area contributed by atoms with Crippen LogP contribution in [0.1, 0.15) is 37.7 Å². The molecule has 2 nitrogen and oxygen atoms in total. The lowest BCUT2D eigenvalue weighted by Crippen LogP contribution is -2.53. The molecule has 3 rings (SSSR count). The maximum Gasteiger partial charge on any atom is 0.130 e. The van der Waals surface area contributed by atoms with Crippen molar-refractivity contribution in [3.63, 3.8) is 0 Å². The first-order valence-corrected chi connectivity index (χ1v) is 7.46. The van der Waals surface area contributed by atoms with Crippen molar-refractivity contribution in [2.24, 2.45) is 5.92 Å². The Morgan fingerprint density at radius 2 is 1.95 bits per heavy atom. The fourth-order valence-electron chi connectivity index (χ4n) is 3.69. The van der Waals surface area contributed by atoms with Crippen molar-refractivity contribution < 1.29 is 13.9 Å². The summed E-state index contributed by atoms with van der Waals surface area (Å²) in [6, 6.07) is 4.00. The smallest absolute Gasteiger partial charge is 0.130 e. The quantitative estimate of drug-likeness (QED) is 0.900. The molecule has 0 spiro atoms. The van der Waals surface area contributed by atoms with E-state index in [-0.39, 0.29) is 11.5 Å². The molecule has 1 aliphatic heterocycles. The summed E-state index contributed by atoms with van der Waals surface area (Å²) in [5, 5.41) is 10.6. The molecule has 2 atom stereocenters. The molecule has 2 aliphatic rings. The van der Waals surface area contributed by atoms with Crippen LogP contribution in [0.3, 0.4) is 0 Å². The minimum atomic E-state index is -0.539. The third-order valence-corrected chi connectivity index (χ3v) is 4.96. The molecular weight excluding hydrogens is 260 g/mol. The van der Waals surface area contributed by atoms with Gasteiger partial charge in [-0.3, -0.25) is 4.90 Å². The lowest BCUT2D eigenvalue weighted by molar-refractivity contribution is -0.0970. The average Bonchev–Trinajstić information content (AvgIpc) is 2.43. The van der Waals surface area contributed by atoms with Crippen LogP contribution in [0.15, 0.2) is 18.2 Å². The van der Waals surface area contributed by atoms with Crippen LogP contribution >= 0.6 is 0 Å². The summed E-state index contributed by atoms with van der Waals surface area (Å²) >= 11 is 0. The molecule has 0 amide bonds. The van der Waals surface area contributed by atoms with E-state index in [1.165, 1.54) is 18.2 Å². The minimum Gasteiger partial charge on any atom is -0.390 e. The molecule has 1 heterocycles. The van der Waals surface area contributed by atoms with Crippen LogP contribution in [0.25, 0.3) is 0 Å². The second-order valence-corrected chi connectivity index (χ2v) is 6.23. The molecule has 20 heavy (non-hydrogen) atoms. The van der Waals surface area contributed by atoms with E-state index in [2.05, 4.69) is 4.90 Å². The largest absolute Gasteiger partial charge is 0.390 e. The van der Waals surface area contributed by atoms with Gasteiger partial charge in [0.2, 0.25) is 0 Å². The maximum absolute atomic E-state index is 13.7. The van der Waals surface area contributed by atoms with Crippen LogP contribution in [-0.4, -0.2) is 28.7 Å². The van der Waals surface area contributed by atoms with Gasteiger partial charge in [-0.05, 0) is 31.4 Å². The molecule has 0 bridgehead atoms. The van der Waals surface area contributed by atoms with Crippen LogP contribution in [-0.2, 0) is 6.54 Å². The van der Waals surface area contributed by atoms with E-state index in [1.807, 2.05) is 0 Å². The Hall–Kier alpha value is -1.00. The van der Waals surface area contributed by atoms with E-state index in [0.29, 0.717) is 19.5 Å². The van der Waals surface area contributed by atoms with Gasteiger partial charge in [0.05, 0.1) is 5.60 Å². The van der Waals surface area contributed by atoms with Crippen LogP contribution < -0.4 is 0 Å². The molecule has 110 valence electrons. The second kappa shape index (κ2) is 5.41. The average molecular weight is 281 g/mol. The number of hydrogen-bond donors (Lipinski definition) is 1. The number of rotatable bonds is 2. The van der Waals surface area contributed by atoms with Gasteiger partial charge in [-0.25, -0.2) is 8.78 Å². The Bertz CT molecular complexity index is 473. The first-order chi connectivity index (χ1) is 9.58. The predicted molar refractivity (Wildman–Crippen MR) is 73.2 cm³/mol. The number of aliphatic hydroxyl groups is 1. The van der Waals surface area contributed by atoms with Crippen molar-refractivity contribution >= 4 is 0 Å². The lowest BCUT2D eigenvalue weighted by Gasteiger charge is -2.47. The number of fused-ring (bicyclic) bond motifs is 1. The molecule has 4 heteroatoms. The third kappa shape index (κ3) is 2.59. The molecule has 1 N–H and O–H groups in total. The van der Waals surface area contributed by atoms with Gasteiger partial charge in [-0.15, -0.1) is 0 Å². The van der Waals surface area contributed by atoms with Crippen molar-refractivity contribution in [1.29, 1.82) is 0 Å². The van der Waals surface area contributed by atoms with Crippen molar-refractivity contribution in [3.8, 4) is 0 Å². The molecule has 1 saturated heterocycles. The van der Waals surface area contributed by atoms with Crippen molar-refractivity contribution in [2.45, 2.75) is 44.2 Å². The summed E-state index contributed by atoms with van der Waals surface area (Å²) < 4.78 is 27.4. The van der Waals surface area contributed by atoms with Gasteiger partial charge in [0, 0.05) is 31.1 Å². The van der Waals surface area contributed by atoms with Crippen LogP contribution in [0.2, 0.25) is 0 Å². The van der Waals surface area contributed by atoms with Crippen molar-refractivity contribution in [2.75, 3.05) is 13.1 Å². The van der Waals surface area contributed by atoms with Gasteiger partial charge in [0.25, 0.3) is 0 Å². The predicted octanol–water partition coefficient (Wildman–Crippen LogP) is 3.09. The molecule has 2 fully saturated rings. The van der Waals surface area contributed by atoms with Crippen LogP contribution in [0.5, 0.6) is 0 Å². The van der Waals surface area contributed by atoms with Gasteiger partial charge < -0.3 is 5.11 Å². The van der Waals surface area contributed by atoms with E-state index in [0.717, 1.165) is 32.2 Å². The Morgan fingerprint density at radius 1 is 1.20 bits per heavy atom. The monoisotopic (exact) mass is 281 g/mol. The number of benzene rings is 1. The molecule has 1 aromatic carbocycles. The fraction of sp³-hybridized carbons (Fsp3) is 0.625. The van der Waals surface area contributed by atoms with Gasteiger partial charge >= 0.3 is 0 Å². The fourth-order valence-corrected chi connectivity index (χ4v) is 3.69. The summed E-state index contributed by atoms with van der Waals surface area (Å²) in [6.45, 7) is 1.75. The number of nitrogens with zero attached hydrogens (tertiary/aromatic N) is 1. The molecule has 1 saturated carbocycles. The van der Waals surface area contributed by atoms with E-state index in [4.69, 9.17) is 0 Å². The molecule has 1 aromatic rings. The molecular formula is C16H21F2NO. The van der Waals surface area contributed by atoms with Crippen LogP contribution in [0, 0.1) is 17.6 Å². The highest BCUT2D eigenvalue weighted by molar-refractivity contribution is 5.19. The van der Waals surface area contributed by atoms with Gasteiger partial charge in [0.15, 0.2) is 0 Å². The lowest BCUT2D eigenvalue weighted by atomic mass is 9.71. The van der Waals surface area contributed by atoms with Gasteiger partial charge in [0.1, 0.15) is 11.6 Å². The zero-order chi connectivity index (χ0) is 14.2. The highest BCUT2D eigenvalue weighted by Crippen LogP contribution is 2.40. The Labute approximate surface area is 118 Å². The second-order valence-electron chi connectivity index (χ2n) is 6.23. The summed E-state index contributed by atoms with van der Waals surface area (Å²) in [7, 11) is 0. The standard InChI is InChI=1S/C16H21F2NO/c17-14-5-3-6-15(18)13(14)11-19-9-8-16(20)7-2-1-4-12(16)10-19/h3,5-6,12,20H,1-2,4,7-11H2/t12-,16-/m0/s1. The normalized spacial score (nSPS) is 31.1. The molecule has 0 radical (unpaired) electrons. The van der Waals surface area contributed by atoms with Gasteiger partial charge in [-0.2, -0.15) is 0 Å². The van der Waals surface area contributed by atoms with Crippen LogP contribution in [0.4, 0.5) is 8.78 Å². The Kier molecular flexibility index (Phi) is 3.78. The zero-order valence-electron chi connectivity index (χ0n) is 11.6. The summed E-state index contributed by atoms with van der Waals surface area (Å²) in [5.41, 5.74) is -0.392. The summed E-state index contributed by atoms with van der Waals surface area (Å²) in [5.74, 6) is -0.705. The van der Waals surface area contributed by atoms with Crippen molar-refractivity contribution in [3.05, 3.63) is 35.4 Å². The van der Waals surface area contributed by atoms with E-state index in [1.54, 1.807) is 0 Å². The first-order valence-electron chi connectivity index (χ1n) is 7.46. The van der Waals surface area contributed by atoms with Crippen molar-refractivity contribution in [1.82, 2.24) is 4.90 Å². The highest BCUT2D eigenvalue weighted by Gasteiger charge is 2.42. The number of likely N-dealkylation sites (tertiary alicyclic amines) is 1. The zero-order valence-corrected chi connectivity index (χ0v) is 11.6. The highest BCUT2D eigenvalue weighted by atomic mass is 19.1. The number of hydrogen-bond acceptors (Lipinski definition) is 2. The van der Waals surface area contributed by atoms with E-state index >= 15 is 0 Å². The van der Waals surface area contributed by atoms with E-state index in [9.17, 15) is 13.9 Å². The minimum absolute atomic E-state index is 0.147. The Balaban J connectivity index is 1.71. The third-order valence-electron chi connectivity index (χ3n) is 4.96. The summed E-state index contributed by atoms with van der Waals surface area (Å²) in [4.78, 5) is 2.08. The first kappa shape index (κ1) is 14.0. The molecule has 0 unspecified atom stereocenters. The number of piperidine rings is 1. The maximum atomic E-state index is 13.7. The van der Waals surface area contributed by atoms with Gasteiger partial charge in [-0.1, -0.05) is 18.9 Å². The topological polar surface area (TPSA) is 23.5 Å². The molecule has 1 aliphatic carbocycles.